The maximum absolute atomic E-state index is 12.1. The first-order valence-corrected chi connectivity index (χ1v) is 5.63. The Labute approximate surface area is 104 Å². The van der Waals surface area contributed by atoms with E-state index in [1.807, 2.05) is 6.92 Å². The molecule has 18 heavy (non-hydrogen) atoms. The minimum atomic E-state index is -2.88. The second kappa shape index (κ2) is 7.42. The van der Waals surface area contributed by atoms with Crippen LogP contribution >= 0.6 is 0 Å². The van der Waals surface area contributed by atoms with Crippen LogP contribution in [0.1, 0.15) is 18.9 Å². The highest BCUT2D eigenvalue weighted by Gasteiger charge is 2.07. The fraction of sp³-hybridized carbons (Fsp3) is 0.308. The van der Waals surface area contributed by atoms with Crippen molar-refractivity contribution in [2.24, 2.45) is 0 Å². The molecule has 1 amide bonds. The molecule has 0 bridgehead atoms. The topological polar surface area (TPSA) is 38.3 Å². The van der Waals surface area contributed by atoms with E-state index in [4.69, 9.17) is 0 Å². The van der Waals surface area contributed by atoms with Crippen molar-refractivity contribution < 1.29 is 18.3 Å². The molecule has 0 saturated carbocycles. The number of para-hydroxylation sites is 1. The van der Waals surface area contributed by atoms with Gasteiger partial charge in [-0.15, -0.1) is 0 Å². The molecular formula is C13H15F2NO2. The lowest BCUT2D eigenvalue weighted by atomic mass is 10.2. The van der Waals surface area contributed by atoms with Crippen molar-refractivity contribution in [2.45, 2.75) is 20.0 Å². The molecule has 98 valence electrons. The van der Waals surface area contributed by atoms with Crippen LogP contribution in [0.4, 0.5) is 8.78 Å². The molecule has 0 heterocycles. The van der Waals surface area contributed by atoms with E-state index in [9.17, 15) is 13.6 Å². The summed E-state index contributed by atoms with van der Waals surface area (Å²) >= 11 is 0. The smallest absolute Gasteiger partial charge is 0.387 e. The lowest BCUT2D eigenvalue weighted by molar-refractivity contribution is -0.116. The van der Waals surface area contributed by atoms with E-state index in [2.05, 4.69) is 10.1 Å². The molecule has 0 aliphatic heterocycles. The average Bonchev–Trinajstić information content (AvgIpc) is 2.34. The van der Waals surface area contributed by atoms with Crippen LogP contribution in [-0.2, 0) is 4.79 Å². The Morgan fingerprint density at radius 2 is 2.17 bits per heavy atom. The molecule has 1 aromatic rings. The second-order valence-electron chi connectivity index (χ2n) is 3.54. The summed E-state index contributed by atoms with van der Waals surface area (Å²) in [6.45, 7) is -0.359. The first kappa shape index (κ1) is 14.2. The molecule has 0 aliphatic carbocycles. The number of amides is 1. The van der Waals surface area contributed by atoms with Gasteiger partial charge in [-0.3, -0.25) is 4.79 Å². The quantitative estimate of drug-likeness (QED) is 0.794. The van der Waals surface area contributed by atoms with Crippen LogP contribution in [0.5, 0.6) is 5.75 Å². The van der Waals surface area contributed by atoms with Crippen molar-refractivity contribution in [1.29, 1.82) is 0 Å². The van der Waals surface area contributed by atoms with Gasteiger partial charge in [-0.25, -0.2) is 0 Å². The van der Waals surface area contributed by atoms with Gasteiger partial charge in [-0.1, -0.05) is 25.1 Å². The van der Waals surface area contributed by atoms with Crippen LogP contribution in [0.2, 0.25) is 0 Å². The summed E-state index contributed by atoms with van der Waals surface area (Å²) < 4.78 is 28.6. The number of carbonyl (C=O) groups excluding carboxylic acids is 1. The molecule has 0 radical (unpaired) electrons. The average molecular weight is 255 g/mol. The zero-order valence-corrected chi connectivity index (χ0v) is 10.0. The zero-order valence-electron chi connectivity index (χ0n) is 10.0. The predicted molar refractivity (Wildman–Crippen MR) is 65.4 cm³/mol. The Balaban J connectivity index is 2.71. The zero-order chi connectivity index (χ0) is 13.4. The molecule has 1 N–H and O–H groups in total. The molecule has 1 aromatic carbocycles. The Bertz CT molecular complexity index is 419. The van der Waals surface area contributed by atoms with Gasteiger partial charge >= 0.3 is 6.61 Å². The van der Waals surface area contributed by atoms with Gasteiger partial charge in [-0.2, -0.15) is 8.78 Å². The van der Waals surface area contributed by atoms with Gasteiger partial charge in [0.25, 0.3) is 0 Å². The summed E-state index contributed by atoms with van der Waals surface area (Å²) in [5.41, 5.74) is 0.435. The standard InChI is InChI=1S/C13H15F2NO2/c1-2-9-16-12(17)8-7-10-5-3-4-6-11(10)18-13(14)15/h3-8,13H,2,9H2,1H3,(H,16,17)/b8-7+. The summed E-state index contributed by atoms with van der Waals surface area (Å²) in [4.78, 5) is 11.3. The maximum Gasteiger partial charge on any atom is 0.387 e. The molecule has 0 unspecified atom stereocenters. The third kappa shape index (κ3) is 4.95. The number of nitrogens with one attached hydrogen (secondary N) is 1. The minimum absolute atomic E-state index is 0.0482. The van der Waals surface area contributed by atoms with Crippen molar-refractivity contribution in [2.75, 3.05) is 6.54 Å². The van der Waals surface area contributed by atoms with Crippen LogP contribution in [-0.4, -0.2) is 19.1 Å². The highest BCUT2D eigenvalue weighted by molar-refractivity contribution is 5.92. The highest BCUT2D eigenvalue weighted by atomic mass is 19.3. The Morgan fingerprint density at radius 3 is 2.83 bits per heavy atom. The third-order valence-electron chi connectivity index (χ3n) is 2.10. The van der Waals surface area contributed by atoms with Crippen molar-refractivity contribution in [3.63, 3.8) is 0 Å². The normalized spacial score (nSPS) is 10.9. The van der Waals surface area contributed by atoms with Gasteiger partial charge < -0.3 is 10.1 Å². The van der Waals surface area contributed by atoms with Crippen LogP contribution in [0, 0.1) is 0 Å². The highest BCUT2D eigenvalue weighted by Crippen LogP contribution is 2.21. The molecule has 0 atom stereocenters. The van der Waals surface area contributed by atoms with Crippen molar-refractivity contribution in [3.05, 3.63) is 35.9 Å². The van der Waals surface area contributed by atoms with Gasteiger partial charge in [0.05, 0.1) is 0 Å². The number of carbonyl (C=O) groups is 1. The van der Waals surface area contributed by atoms with Gasteiger partial charge in [-0.05, 0) is 18.6 Å². The molecule has 5 heteroatoms. The molecule has 0 spiro atoms. The van der Waals surface area contributed by atoms with E-state index in [-0.39, 0.29) is 11.7 Å². The van der Waals surface area contributed by atoms with Crippen LogP contribution in [0.3, 0.4) is 0 Å². The van der Waals surface area contributed by atoms with Gasteiger partial charge in [0.1, 0.15) is 5.75 Å². The van der Waals surface area contributed by atoms with E-state index in [1.54, 1.807) is 18.2 Å². The summed E-state index contributed by atoms with van der Waals surface area (Å²) in [5, 5.41) is 2.65. The number of hydrogen-bond donors (Lipinski definition) is 1. The van der Waals surface area contributed by atoms with Gasteiger partial charge in [0, 0.05) is 18.2 Å². The number of ether oxygens (including phenoxy) is 1. The minimum Gasteiger partial charge on any atom is -0.434 e. The molecule has 0 aliphatic rings. The van der Waals surface area contributed by atoms with Crippen LogP contribution in [0.25, 0.3) is 6.08 Å². The number of hydrogen-bond acceptors (Lipinski definition) is 2. The lowest BCUT2D eigenvalue weighted by Gasteiger charge is -2.07. The van der Waals surface area contributed by atoms with Crippen molar-refractivity contribution in [1.82, 2.24) is 5.32 Å². The second-order valence-corrected chi connectivity index (χ2v) is 3.54. The van der Waals surface area contributed by atoms with E-state index >= 15 is 0 Å². The number of halogens is 2. The summed E-state index contributed by atoms with van der Waals surface area (Å²) in [7, 11) is 0. The summed E-state index contributed by atoms with van der Waals surface area (Å²) in [5.74, 6) is -0.212. The van der Waals surface area contributed by atoms with Crippen LogP contribution in [0.15, 0.2) is 30.3 Å². The summed E-state index contributed by atoms with van der Waals surface area (Å²) in [6.07, 6.45) is 3.58. The van der Waals surface area contributed by atoms with Crippen molar-refractivity contribution >= 4 is 12.0 Å². The Kier molecular flexibility index (Phi) is 5.84. The van der Waals surface area contributed by atoms with E-state index in [1.165, 1.54) is 18.2 Å². The largest absolute Gasteiger partial charge is 0.434 e. The number of benzene rings is 1. The Hall–Kier alpha value is -1.91. The van der Waals surface area contributed by atoms with Crippen LogP contribution < -0.4 is 10.1 Å². The molecule has 1 rings (SSSR count). The lowest BCUT2D eigenvalue weighted by Crippen LogP contribution is -2.21. The van der Waals surface area contributed by atoms with E-state index in [0.29, 0.717) is 12.1 Å². The van der Waals surface area contributed by atoms with E-state index in [0.717, 1.165) is 6.42 Å². The molecular weight excluding hydrogens is 240 g/mol. The first-order valence-electron chi connectivity index (χ1n) is 5.63. The fourth-order valence-corrected chi connectivity index (χ4v) is 1.29. The fourth-order valence-electron chi connectivity index (χ4n) is 1.29. The maximum atomic E-state index is 12.1. The van der Waals surface area contributed by atoms with Crippen molar-refractivity contribution in [3.8, 4) is 5.75 Å². The van der Waals surface area contributed by atoms with Gasteiger partial charge in [0.2, 0.25) is 5.91 Å². The molecule has 0 saturated heterocycles. The monoisotopic (exact) mass is 255 g/mol. The number of rotatable bonds is 6. The molecule has 3 nitrogen and oxygen atoms in total. The third-order valence-corrected chi connectivity index (χ3v) is 2.10. The summed E-state index contributed by atoms with van der Waals surface area (Å²) in [6, 6.07) is 6.30. The first-order chi connectivity index (χ1) is 8.63. The predicted octanol–water partition coefficient (Wildman–Crippen LogP) is 2.83. The van der Waals surface area contributed by atoms with Gasteiger partial charge in [0.15, 0.2) is 0 Å². The SMILES string of the molecule is CCCNC(=O)/C=C/c1ccccc1OC(F)F. The number of alkyl halides is 2. The molecule has 0 aromatic heterocycles. The van der Waals surface area contributed by atoms with E-state index < -0.39 is 6.61 Å². The Morgan fingerprint density at radius 1 is 1.44 bits per heavy atom. The molecule has 0 fully saturated rings.